The number of nitrogens with one attached hydrogen (secondary N) is 2. The summed E-state index contributed by atoms with van der Waals surface area (Å²) in [5.41, 5.74) is 8.14. The molecule has 0 amide bonds. The number of H-pyrrole nitrogens is 2. The average molecular weight is 474 g/mol. The van der Waals surface area contributed by atoms with Gasteiger partial charge in [0.25, 0.3) is 0 Å². The summed E-state index contributed by atoms with van der Waals surface area (Å²) in [7, 11) is 0. The van der Waals surface area contributed by atoms with Crippen molar-refractivity contribution in [1.82, 2.24) is 45.0 Å². The maximum absolute atomic E-state index is 4.89. The number of rotatable bonds is 5. The van der Waals surface area contributed by atoms with Crippen LogP contribution >= 0.6 is 0 Å². The van der Waals surface area contributed by atoms with Gasteiger partial charge >= 0.3 is 0 Å². The highest BCUT2D eigenvalue weighted by atomic mass is 15.2. The highest BCUT2D eigenvalue weighted by molar-refractivity contribution is 5.96. The minimum atomic E-state index is 0.666. The van der Waals surface area contributed by atoms with Gasteiger partial charge in [0.1, 0.15) is 11.2 Å². The number of aromatic nitrogens is 8. The van der Waals surface area contributed by atoms with Crippen molar-refractivity contribution >= 4 is 22.1 Å². The maximum Gasteiger partial charge on any atom is 0.159 e. The molecule has 7 heterocycles. The third-order valence-corrected chi connectivity index (χ3v) is 6.73. The molecule has 1 fully saturated rings. The molecular weight excluding hydrogens is 450 g/mol. The van der Waals surface area contributed by atoms with E-state index in [-0.39, 0.29) is 0 Å². The SMILES string of the molecule is c1cc(-c2nccc3[nH]c(-c4n[nH]c5ncc(-c6cncc(CN7CCCC7)c6)cc45)nc23)ccn1. The summed E-state index contributed by atoms with van der Waals surface area (Å²) in [5, 5.41) is 8.50. The van der Waals surface area contributed by atoms with E-state index in [0.717, 1.165) is 64.1 Å². The average Bonchev–Trinajstić information content (AvgIpc) is 3.68. The summed E-state index contributed by atoms with van der Waals surface area (Å²) < 4.78 is 0. The molecule has 9 heteroatoms. The van der Waals surface area contributed by atoms with E-state index in [1.165, 1.54) is 18.4 Å². The van der Waals surface area contributed by atoms with Crippen LogP contribution in [0.2, 0.25) is 0 Å². The third-order valence-electron chi connectivity index (χ3n) is 6.73. The first-order chi connectivity index (χ1) is 17.8. The Morgan fingerprint density at radius 2 is 1.67 bits per heavy atom. The van der Waals surface area contributed by atoms with Gasteiger partial charge in [-0.3, -0.25) is 25.0 Å². The molecule has 1 aliphatic heterocycles. The molecule has 0 radical (unpaired) electrons. The predicted molar refractivity (Wildman–Crippen MR) is 138 cm³/mol. The maximum atomic E-state index is 4.89. The zero-order valence-corrected chi connectivity index (χ0v) is 19.5. The van der Waals surface area contributed by atoms with Crippen LogP contribution in [0.15, 0.2) is 67.5 Å². The van der Waals surface area contributed by atoms with Crippen molar-refractivity contribution < 1.29 is 0 Å². The minimum Gasteiger partial charge on any atom is -0.336 e. The van der Waals surface area contributed by atoms with E-state index in [9.17, 15) is 0 Å². The second-order valence-corrected chi connectivity index (χ2v) is 9.13. The van der Waals surface area contributed by atoms with E-state index in [4.69, 9.17) is 4.98 Å². The number of nitrogens with zero attached hydrogens (tertiary/aromatic N) is 7. The van der Waals surface area contributed by atoms with Crippen LogP contribution in [0.25, 0.3) is 56.0 Å². The van der Waals surface area contributed by atoms with Gasteiger partial charge in [-0.15, -0.1) is 0 Å². The van der Waals surface area contributed by atoms with Crippen LogP contribution in [-0.4, -0.2) is 58.1 Å². The predicted octanol–water partition coefficient (Wildman–Crippen LogP) is 4.62. The van der Waals surface area contributed by atoms with Crippen LogP contribution in [0, 0.1) is 0 Å². The number of hydrogen-bond acceptors (Lipinski definition) is 7. The monoisotopic (exact) mass is 473 g/mol. The first-order valence-electron chi connectivity index (χ1n) is 12.1. The fraction of sp³-hybridized carbons (Fsp3) is 0.185. The quantitative estimate of drug-likeness (QED) is 0.376. The van der Waals surface area contributed by atoms with E-state index in [2.05, 4.69) is 52.1 Å². The Morgan fingerprint density at radius 1 is 0.806 bits per heavy atom. The fourth-order valence-electron chi connectivity index (χ4n) is 4.94. The number of fused-ring (bicyclic) bond motifs is 2. The molecular formula is C27H23N9. The highest BCUT2D eigenvalue weighted by Crippen LogP contribution is 2.31. The van der Waals surface area contributed by atoms with Gasteiger partial charge in [-0.05, 0) is 61.8 Å². The summed E-state index contributed by atoms with van der Waals surface area (Å²) in [6.07, 6.45) is 13.6. The van der Waals surface area contributed by atoms with Gasteiger partial charge in [-0.25, -0.2) is 9.97 Å². The molecule has 0 bridgehead atoms. The molecule has 0 spiro atoms. The van der Waals surface area contributed by atoms with Crippen molar-refractivity contribution in [3.05, 3.63) is 73.1 Å². The lowest BCUT2D eigenvalue weighted by Crippen LogP contribution is -2.18. The van der Waals surface area contributed by atoms with Crippen LogP contribution in [-0.2, 0) is 6.54 Å². The number of hydrogen-bond donors (Lipinski definition) is 2. The molecule has 0 aliphatic carbocycles. The van der Waals surface area contributed by atoms with Gasteiger partial charge in [0.15, 0.2) is 11.5 Å². The lowest BCUT2D eigenvalue weighted by molar-refractivity contribution is 0.331. The summed E-state index contributed by atoms with van der Waals surface area (Å²) in [4.78, 5) is 28.6. The number of pyridine rings is 4. The molecule has 6 aromatic rings. The first-order valence-corrected chi connectivity index (χ1v) is 12.1. The molecule has 0 aromatic carbocycles. The second kappa shape index (κ2) is 8.62. The largest absolute Gasteiger partial charge is 0.336 e. The Bertz CT molecular complexity index is 1680. The number of aromatic amines is 2. The Hall–Kier alpha value is -4.50. The molecule has 6 aromatic heterocycles. The molecule has 36 heavy (non-hydrogen) atoms. The van der Waals surface area contributed by atoms with Crippen molar-refractivity contribution in [2.24, 2.45) is 0 Å². The molecule has 9 nitrogen and oxygen atoms in total. The first kappa shape index (κ1) is 20.8. The Labute approximate surface area is 206 Å². The van der Waals surface area contributed by atoms with Crippen molar-refractivity contribution in [1.29, 1.82) is 0 Å². The van der Waals surface area contributed by atoms with Gasteiger partial charge in [0, 0.05) is 60.4 Å². The van der Waals surface area contributed by atoms with E-state index in [1.807, 2.05) is 36.8 Å². The van der Waals surface area contributed by atoms with Gasteiger partial charge in [0.05, 0.1) is 16.6 Å². The van der Waals surface area contributed by atoms with Crippen molar-refractivity contribution in [3.63, 3.8) is 0 Å². The van der Waals surface area contributed by atoms with Crippen LogP contribution in [0.5, 0.6) is 0 Å². The fourth-order valence-corrected chi connectivity index (χ4v) is 4.94. The molecule has 2 N–H and O–H groups in total. The molecule has 0 atom stereocenters. The van der Waals surface area contributed by atoms with Crippen LogP contribution in [0.3, 0.4) is 0 Å². The minimum absolute atomic E-state index is 0.666. The number of likely N-dealkylation sites (tertiary alicyclic amines) is 1. The molecule has 176 valence electrons. The summed E-state index contributed by atoms with van der Waals surface area (Å²) in [5.74, 6) is 0.666. The Morgan fingerprint density at radius 3 is 2.56 bits per heavy atom. The lowest BCUT2D eigenvalue weighted by Gasteiger charge is -2.14. The smallest absolute Gasteiger partial charge is 0.159 e. The van der Waals surface area contributed by atoms with Gasteiger partial charge < -0.3 is 4.98 Å². The van der Waals surface area contributed by atoms with Gasteiger partial charge in [0.2, 0.25) is 0 Å². The van der Waals surface area contributed by atoms with E-state index in [1.54, 1.807) is 18.6 Å². The van der Waals surface area contributed by atoms with E-state index in [0.29, 0.717) is 11.5 Å². The van der Waals surface area contributed by atoms with Crippen LogP contribution in [0.4, 0.5) is 0 Å². The normalized spacial score (nSPS) is 14.2. The molecule has 1 saturated heterocycles. The third kappa shape index (κ3) is 3.70. The zero-order chi connectivity index (χ0) is 23.9. The van der Waals surface area contributed by atoms with Crippen molar-refractivity contribution in [3.8, 4) is 33.9 Å². The Balaban J connectivity index is 1.28. The van der Waals surface area contributed by atoms with Crippen LogP contribution in [0.1, 0.15) is 18.4 Å². The van der Waals surface area contributed by atoms with Crippen molar-refractivity contribution in [2.75, 3.05) is 13.1 Å². The molecule has 0 unspecified atom stereocenters. The zero-order valence-electron chi connectivity index (χ0n) is 19.5. The van der Waals surface area contributed by atoms with E-state index < -0.39 is 0 Å². The van der Waals surface area contributed by atoms with Crippen molar-refractivity contribution in [2.45, 2.75) is 19.4 Å². The standard InChI is InChI=1S/C27H23N9/c1-2-10-36(9-1)16-17-11-19(14-29-13-17)20-12-21-24(34-35-26(21)31-15-20)27-32-22-5-8-30-23(25(22)33-27)18-3-6-28-7-4-18/h3-8,11-15H,1-2,9-10,16H2,(H,32,33)(H,31,34,35). The van der Waals surface area contributed by atoms with E-state index >= 15 is 0 Å². The van der Waals surface area contributed by atoms with Gasteiger partial charge in [-0.2, -0.15) is 5.10 Å². The number of imidazole rings is 1. The summed E-state index contributed by atoms with van der Waals surface area (Å²) in [6, 6.07) is 10.1. The molecule has 0 saturated carbocycles. The molecule has 7 rings (SSSR count). The lowest BCUT2D eigenvalue weighted by atomic mass is 10.1. The Kier molecular flexibility index (Phi) is 4.99. The summed E-state index contributed by atoms with van der Waals surface area (Å²) in [6.45, 7) is 3.25. The molecule has 1 aliphatic rings. The highest BCUT2D eigenvalue weighted by Gasteiger charge is 2.17. The topological polar surface area (TPSA) is 112 Å². The summed E-state index contributed by atoms with van der Waals surface area (Å²) >= 11 is 0. The van der Waals surface area contributed by atoms with Gasteiger partial charge in [-0.1, -0.05) is 0 Å². The van der Waals surface area contributed by atoms with Crippen LogP contribution < -0.4 is 0 Å². The second-order valence-electron chi connectivity index (χ2n) is 9.13.